The van der Waals surface area contributed by atoms with E-state index in [9.17, 15) is 27.9 Å². The van der Waals surface area contributed by atoms with Gasteiger partial charge in [-0.3, -0.25) is 9.59 Å². The summed E-state index contributed by atoms with van der Waals surface area (Å²) in [5, 5.41) is 13.4. The summed E-state index contributed by atoms with van der Waals surface area (Å²) in [7, 11) is 1.49. The average Bonchev–Trinajstić information content (AvgIpc) is 3.32. The number of phenolic OH excluding ortho intramolecular Hbond substituents is 1. The Morgan fingerprint density at radius 3 is 2.64 bits per heavy atom. The van der Waals surface area contributed by atoms with E-state index in [2.05, 4.69) is 5.32 Å². The van der Waals surface area contributed by atoms with Crippen molar-refractivity contribution in [3.63, 3.8) is 0 Å². The van der Waals surface area contributed by atoms with E-state index in [4.69, 9.17) is 9.47 Å². The van der Waals surface area contributed by atoms with Crippen LogP contribution in [0.1, 0.15) is 34.6 Å². The Kier molecular flexibility index (Phi) is 7.12. The minimum absolute atomic E-state index is 0.0693. The third-order valence-electron chi connectivity index (χ3n) is 7.18. The summed E-state index contributed by atoms with van der Waals surface area (Å²) in [4.78, 5) is 27.6. The number of hydrogen-bond acceptors (Lipinski definition) is 5. The van der Waals surface area contributed by atoms with Gasteiger partial charge in [-0.15, -0.1) is 0 Å². The number of methoxy groups -OCH3 is 1. The zero-order valence-corrected chi connectivity index (χ0v) is 21.1. The van der Waals surface area contributed by atoms with Crippen LogP contribution in [0.4, 0.5) is 13.2 Å². The molecule has 0 spiro atoms. The van der Waals surface area contributed by atoms with E-state index in [0.29, 0.717) is 17.9 Å². The molecule has 204 valence electrons. The van der Waals surface area contributed by atoms with Gasteiger partial charge in [-0.25, -0.2) is 0 Å². The van der Waals surface area contributed by atoms with Crippen LogP contribution in [0.25, 0.3) is 0 Å². The molecular weight excluding hydrogens is 513 g/mol. The van der Waals surface area contributed by atoms with E-state index in [1.807, 2.05) is 0 Å². The van der Waals surface area contributed by atoms with Crippen molar-refractivity contribution in [2.75, 3.05) is 20.2 Å². The molecular formula is C29H27F3N2O5. The molecule has 0 saturated carbocycles. The smallest absolute Gasteiger partial charge is 0.416 e. The topological polar surface area (TPSA) is 88.1 Å². The van der Waals surface area contributed by atoms with Crippen molar-refractivity contribution in [3.05, 3.63) is 82.9 Å². The van der Waals surface area contributed by atoms with Crippen LogP contribution in [0.15, 0.2) is 60.7 Å². The maximum atomic E-state index is 13.5. The van der Waals surface area contributed by atoms with Gasteiger partial charge in [0.1, 0.15) is 0 Å². The van der Waals surface area contributed by atoms with Crippen molar-refractivity contribution in [2.24, 2.45) is 0 Å². The Labute approximate surface area is 223 Å². The molecule has 0 radical (unpaired) electrons. The number of benzene rings is 3. The number of nitrogens with one attached hydrogen (secondary N) is 1. The Hall–Kier alpha value is -4.21. The Bertz CT molecular complexity index is 1410. The normalized spacial score (nSPS) is 19.1. The Balaban J connectivity index is 1.46. The van der Waals surface area contributed by atoms with Gasteiger partial charge in [0.25, 0.3) is 0 Å². The van der Waals surface area contributed by atoms with Crippen molar-refractivity contribution in [3.8, 4) is 23.0 Å². The van der Waals surface area contributed by atoms with E-state index in [1.54, 1.807) is 30.3 Å². The van der Waals surface area contributed by atoms with Crippen LogP contribution in [0.3, 0.4) is 0 Å². The molecule has 1 fully saturated rings. The van der Waals surface area contributed by atoms with E-state index in [-0.39, 0.29) is 48.4 Å². The molecule has 7 nitrogen and oxygen atoms in total. The minimum Gasteiger partial charge on any atom is -0.504 e. The second kappa shape index (κ2) is 10.5. The molecule has 0 aliphatic carbocycles. The van der Waals surface area contributed by atoms with Crippen LogP contribution in [-0.2, 0) is 28.6 Å². The number of carbonyl (C=O) groups excluding carboxylic acids is 2. The lowest BCUT2D eigenvalue weighted by molar-refractivity contribution is -0.138. The summed E-state index contributed by atoms with van der Waals surface area (Å²) in [5.74, 6) is -0.110. The van der Waals surface area contributed by atoms with E-state index in [1.165, 1.54) is 36.3 Å². The number of phenols is 1. The highest BCUT2D eigenvalue weighted by atomic mass is 19.4. The molecule has 2 N–H and O–H groups in total. The Morgan fingerprint density at radius 2 is 1.87 bits per heavy atom. The zero-order valence-electron chi connectivity index (χ0n) is 21.1. The first kappa shape index (κ1) is 26.4. The number of fused-ring (bicyclic) bond motifs is 6. The molecule has 10 heteroatoms. The van der Waals surface area contributed by atoms with Gasteiger partial charge in [0.05, 0.1) is 25.1 Å². The van der Waals surface area contributed by atoms with Gasteiger partial charge in [0.15, 0.2) is 23.0 Å². The molecule has 2 aliphatic heterocycles. The number of hydrogen-bond donors (Lipinski definition) is 2. The fourth-order valence-electron chi connectivity index (χ4n) is 5.17. The van der Waals surface area contributed by atoms with Crippen molar-refractivity contribution in [1.82, 2.24) is 10.2 Å². The maximum absolute atomic E-state index is 13.5. The third kappa shape index (κ3) is 5.64. The lowest BCUT2D eigenvalue weighted by atomic mass is 9.93. The molecule has 3 aromatic carbocycles. The molecule has 2 atom stereocenters. The lowest BCUT2D eigenvalue weighted by Gasteiger charge is -2.21. The minimum atomic E-state index is -4.57. The second-order valence-corrected chi connectivity index (χ2v) is 9.73. The number of alkyl halides is 3. The number of aryl methyl sites for hydroxylation is 1. The summed E-state index contributed by atoms with van der Waals surface area (Å²) < 4.78 is 52.0. The number of ether oxygens (including phenoxy) is 2. The fourth-order valence-corrected chi connectivity index (χ4v) is 5.17. The van der Waals surface area contributed by atoms with Crippen LogP contribution < -0.4 is 14.8 Å². The molecule has 2 amide bonds. The first-order valence-electron chi connectivity index (χ1n) is 12.5. The highest BCUT2D eigenvalue weighted by Gasteiger charge is 2.39. The largest absolute Gasteiger partial charge is 0.504 e. The van der Waals surface area contributed by atoms with Crippen LogP contribution in [0, 0.1) is 0 Å². The number of likely N-dealkylation sites (tertiary alicyclic amines) is 1. The standard InChI is InChI=1S/C29H27F3N2O5/c1-38-24-10-8-18-13-26(24)39-25-12-17(6-9-23(25)35)7-11-27(36)33-22-16-34(15-20(18)22)28(37)14-19-4-2-3-5-21(19)29(30,31)32/h2-6,8-10,12-13,20,22,35H,7,11,14-16H2,1H3,(H,33,36)/t20-,22+/m0/s1. The molecule has 0 unspecified atom stereocenters. The van der Waals surface area contributed by atoms with Gasteiger partial charge in [-0.2, -0.15) is 13.2 Å². The van der Waals surface area contributed by atoms with Crippen LogP contribution in [0.2, 0.25) is 0 Å². The maximum Gasteiger partial charge on any atom is 0.416 e. The van der Waals surface area contributed by atoms with Gasteiger partial charge in [-0.05, 0) is 53.4 Å². The molecule has 0 aromatic heterocycles. The predicted octanol–water partition coefficient (Wildman–Crippen LogP) is 4.81. The van der Waals surface area contributed by atoms with Crippen LogP contribution in [0.5, 0.6) is 23.0 Å². The summed E-state index contributed by atoms with van der Waals surface area (Å²) in [6.45, 7) is 0.350. The number of nitrogens with zero attached hydrogens (tertiary/aromatic N) is 1. The predicted molar refractivity (Wildman–Crippen MR) is 136 cm³/mol. The highest BCUT2D eigenvalue weighted by Crippen LogP contribution is 2.40. The first-order valence-corrected chi connectivity index (χ1v) is 12.5. The quantitative estimate of drug-likeness (QED) is 0.498. The van der Waals surface area contributed by atoms with E-state index in [0.717, 1.165) is 17.2 Å². The van der Waals surface area contributed by atoms with Crippen LogP contribution >= 0.6 is 0 Å². The molecule has 5 rings (SSSR count). The summed E-state index contributed by atoms with van der Waals surface area (Å²) >= 11 is 0. The van der Waals surface area contributed by atoms with Crippen molar-refractivity contribution < 1.29 is 37.3 Å². The molecule has 1 saturated heterocycles. The van der Waals surface area contributed by atoms with Gasteiger partial charge in [0.2, 0.25) is 11.8 Å². The van der Waals surface area contributed by atoms with Crippen LogP contribution in [-0.4, -0.2) is 48.1 Å². The Morgan fingerprint density at radius 1 is 1.08 bits per heavy atom. The number of halogens is 3. The molecule has 3 aromatic rings. The second-order valence-electron chi connectivity index (χ2n) is 9.73. The molecule has 2 aliphatic rings. The van der Waals surface area contributed by atoms with Gasteiger partial charge < -0.3 is 24.8 Å². The summed E-state index contributed by atoms with van der Waals surface area (Å²) in [6.07, 6.45) is -4.42. The van der Waals surface area contributed by atoms with Gasteiger partial charge in [-0.1, -0.05) is 30.3 Å². The fraction of sp³-hybridized carbons (Fsp3) is 0.310. The summed E-state index contributed by atoms with van der Waals surface area (Å²) in [6, 6.07) is 14.7. The van der Waals surface area contributed by atoms with Gasteiger partial charge in [0, 0.05) is 25.4 Å². The number of amides is 2. The summed E-state index contributed by atoms with van der Waals surface area (Å²) in [5.41, 5.74) is 0.603. The van der Waals surface area contributed by atoms with Crippen molar-refractivity contribution >= 4 is 11.8 Å². The molecule has 4 bridgehead atoms. The van der Waals surface area contributed by atoms with Gasteiger partial charge >= 0.3 is 6.18 Å². The van der Waals surface area contributed by atoms with E-state index >= 15 is 0 Å². The number of aromatic hydroxyl groups is 1. The monoisotopic (exact) mass is 540 g/mol. The van der Waals surface area contributed by atoms with Crippen molar-refractivity contribution in [1.29, 1.82) is 0 Å². The molecule has 39 heavy (non-hydrogen) atoms. The molecule has 2 heterocycles. The zero-order chi connectivity index (χ0) is 27.7. The number of rotatable bonds is 3. The van der Waals surface area contributed by atoms with E-state index < -0.39 is 30.1 Å². The number of carbonyl (C=O) groups is 2. The SMILES string of the molecule is COc1ccc2cc1Oc1cc(ccc1O)CCC(=O)N[C@@H]1CN(C(=O)Cc3ccccc3C(F)(F)F)C[C@@H]21. The van der Waals surface area contributed by atoms with Crippen molar-refractivity contribution in [2.45, 2.75) is 37.4 Å². The highest BCUT2D eigenvalue weighted by molar-refractivity contribution is 5.81. The third-order valence-corrected chi connectivity index (χ3v) is 7.18. The lowest BCUT2D eigenvalue weighted by Crippen LogP contribution is -2.40. The average molecular weight is 541 g/mol. The first-order chi connectivity index (χ1) is 18.6.